The first-order valence-electron chi connectivity index (χ1n) is 8.63. The Morgan fingerprint density at radius 2 is 1.73 bits per heavy atom. The fourth-order valence-electron chi connectivity index (χ4n) is 3.43. The second kappa shape index (κ2) is 7.11. The van der Waals surface area contributed by atoms with E-state index in [1.165, 1.54) is 6.20 Å². The highest BCUT2D eigenvalue weighted by Crippen LogP contribution is 2.28. The van der Waals surface area contributed by atoms with Crippen LogP contribution in [0.1, 0.15) is 56.4 Å². The maximum atomic E-state index is 12.8. The number of aromatic carboxylic acids is 1. The highest BCUT2D eigenvalue weighted by molar-refractivity contribution is 6.34. The first-order valence-corrected chi connectivity index (χ1v) is 9.00. The molecule has 1 aliphatic heterocycles. The number of benzene rings is 1. The summed E-state index contributed by atoms with van der Waals surface area (Å²) in [5.74, 6) is -1.02. The molecule has 1 saturated heterocycles. The van der Waals surface area contributed by atoms with Crippen molar-refractivity contribution in [2.75, 3.05) is 13.1 Å². The number of halogens is 1. The lowest BCUT2D eigenvalue weighted by Gasteiger charge is -2.33. The summed E-state index contributed by atoms with van der Waals surface area (Å²) in [7, 11) is 0. The Kier molecular flexibility index (Phi) is 5.05. The van der Waals surface area contributed by atoms with E-state index < -0.39 is 5.97 Å². The number of carboxylic acids is 1. The highest BCUT2D eigenvalue weighted by Gasteiger charge is 2.28. The van der Waals surface area contributed by atoms with Gasteiger partial charge in [-0.15, -0.1) is 0 Å². The van der Waals surface area contributed by atoms with Crippen molar-refractivity contribution in [1.29, 1.82) is 0 Å². The van der Waals surface area contributed by atoms with E-state index in [0.29, 0.717) is 29.4 Å². The molecule has 0 radical (unpaired) electrons. The number of carboxylic acid groups (broad SMARTS) is 1. The Morgan fingerprint density at radius 1 is 1.12 bits per heavy atom. The van der Waals surface area contributed by atoms with Gasteiger partial charge in [0.2, 0.25) is 0 Å². The van der Waals surface area contributed by atoms with Crippen LogP contribution in [0.5, 0.6) is 0 Å². The summed E-state index contributed by atoms with van der Waals surface area (Å²) in [6, 6.07) is 3.78. The molecule has 7 heteroatoms. The van der Waals surface area contributed by atoms with E-state index in [2.05, 4.69) is 5.10 Å². The van der Waals surface area contributed by atoms with Gasteiger partial charge in [0.05, 0.1) is 28.5 Å². The van der Waals surface area contributed by atoms with Crippen LogP contribution in [0.25, 0.3) is 0 Å². The van der Waals surface area contributed by atoms with Crippen molar-refractivity contribution < 1.29 is 14.7 Å². The number of nitrogens with zero attached hydrogens (tertiary/aromatic N) is 3. The van der Waals surface area contributed by atoms with Gasteiger partial charge < -0.3 is 10.0 Å². The number of carbonyl (C=O) groups is 2. The molecule has 138 valence electrons. The van der Waals surface area contributed by atoms with Crippen LogP contribution in [0.3, 0.4) is 0 Å². The van der Waals surface area contributed by atoms with Crippen molar-refractivity contribution in [2.24, 2.45) is 0 Å². The molecule has 1 aromatic carbocycles. The molecule has 1 aliphatic rings. The van der Waals surface area contributed by atoms with Gasteiger partial charge >= 0.3 is 5.97 Å². The zero-order valence-corrected chi connectivity index (χ0v) is 15.9. The predicted molar refractivity (Wildman–Crippen MR) is 99.0 cm³/mol. The number of amides is 1. The molecule has 0 aliphatic carbocycles. The summed E-state index contributed by atoms with van der Waals surface area (Å²) in [6.07, 6.45) is 2.86. The van der Waals surface area contributed by atoms with Crippen LogP contribution < -0.4 is 0 Å². The first kappa shape index (κ1) is 18.5. The SMILES string of the molecule is Cc1cc(Cl)c(C(=O)N2CCC(n3ncc(C(=O)O)c3C)CC2)cc1C. The van der Waals surface area contributed by atoms with Gasteiger partial charge in [-0.1, -0.05) is 11.6 Å². The average molecular weight is 376 g/mol. The Balaban J connectivity index is 1.72. The van der Waals surface area contributed by atoms with E-state index >= 15 is 0 Å². The molecular formula is C19H22ClN3O3. The summed E-state index contributed by atoms with van der Waals surface area (Å²) in [5, 5.41) is 13.9. The minimum absolute atomic E-state index is 0.0556. The third kappa shape index (κ3) is 3.33. The molecule has 0 saturated carbocycles. The van der Waals surface area contributed by atoms with Crippen molar-refractivity contribution >= 4 is 23.5 Å². The molecule has 1 N–H and O–H groups in total. The Bertz CT molecular complexity index is 867. The molecule has 1 aromatic heterocycles. The molecule has 0 bridgehead atoms. The van der Waals surface area contributed by atoms with Crippen molar-refractivity contribution in [2.45, 2.75) is 39.7 Å². The van der Waals surface area contributed by atoms with E-state index in [1.807, 2.05) is 30.9 Å². The van der Waals surface area contributed by atoms with Crippen molar-refractivity contribution in [1.82, 2.24) is 14.7 Å². The van der Waals surface area contributed by atoms with Crippen LogP contribution in [0.15, 0.2) is 18.3 Å². The Labute approximate surface area is 157 Å². The third-order valence-corrected chi connectivity index (χ3v) is 5.50. The number of carbonyl (C=O) groups excluding carboxylic acids is 1. The number of aromatic nitrogens is 2. The molecule has 3 rings (SSSR count). The molecule has 2 heterocycles. The lowest BCUT2D eigenvalue weighted by atomic mass is 10.0. The largest absolute Gasteiger partial charge is 0.478 e. The van der Waals surface area contributed by atoms with E-state index in [-0.39, 0.29) is 17.5 Å². The predicted octanol–water partition coefficient (Wildman–Crippen LogP) is 3.64. The average Bonchev–Trinajstić information content (AvgIpc) is 2.99. The molecule has 0 spiro atoms. The molecule has 26 heavy (non-hydrogen) atoms. The molecule has 6 nitrogen and oxygen atoms in total. The first-order chi connectivity index (χ1) is 12.3. The van der Waals surface area contributed by atoms with Crippen molar-refractivity contribution in [3.63, 3.8) is 0 Å². The zero-order valence-electron chi connectivity index (χ0n) is 15.1. The lowest BCUT2D eigenvalue weighted by molar-refractivity contribution is 0.0688. The summed E-state index contributed by atoms with van der Waals surface area (Å²) >= 11 is 6.28. The summed E-state index contributed by atoms with van der Waals surface area (Å²) in [6.45, 7) is 6.89. The van der Waals surface area contributed by atoms with Gasteiger partial charge in [0, 0.05) is 13.1 Å². The van der Waals surface area contributed by atoms with Gasteiger partial charge in [-0.05, 0) is 56.9 Å². The number of aryl methyl sites for hydroxylation is 2. The molecule has 1 fully saturated rings. The van der Waals surface area contributed by atoms with Gasteiger partial charge in [0.25, 0.3) is 5.91 Å². The standard InChI is InChI=1S/C19H22ClN3O3/c1-11-8-15(17(20)9-12(11)2)18(24)22-6-4-14(5-7-22)23-13(3)16(10-21-23)19(25)26/h8-10,14H,4-7H2,1-3H3,(H,25,26). The van der Waals surface area contributed by atoms with Gasteiger partial charge in [-0.3, -0.25) is 9.48 Å². The molecular weight excluding hydrogens is 354 g/mol. The monoisotopic (exact) mass is 375 g/mol. The highest BCUT2D eigenvalue weighted by atomic mass is 35.5. The van der Waals surface area contributed by atoms with Gasteiger partial charge in [0.15, 0.2) is 0 Å². The van der Waals surface area contributed by atoms with Crippen LogP contribution in [0.4, 0.5) is 0 Å². The second-order valence-electron chi connectivity index (χ2n) is 6.83. The third-order valence-electron chi connectivity index (χ3n) is 5.19. The van der Waals surface area contributed by atoms with Crippen LogP contribution in [0.2, 0.25) is 5.02 Å². The molecule has 0 unspecified atom stereocenters. The van der Waals surface area contributed by atoms with Crippen LogP contribution in [-0.2, 0) is 0 Å². The summed E-state index contributed by atoms with van der Waals surface area (Å²) in [5.41, 5.74) is 3.52. The van der Waals surface area contributed by atoms with Gasteiger partial charge in [0.1, 0.15) is 5.56 Å². The van der Waals surface area contributed by atoms with Crippen LogP contribution >= 0.6 is 11.6 Å². The number of piperidine rings is 1. The number of rotatable bonds is 3. The molecule has 0 atom stereocenters. The van der Waals surface area contributed by atoms with E-state index in [0.717, 1.165) is 24.0 Å². The smallest absolute Gasteiger partial charge is 0.339 e. The minimum atomic E-state index is -0.967. The summed E-state index contributed by atoms with van der Waals surface area (Å²) < 4.78 is 1.77. The zero-order chi connectivity index (χ0) is 19.0. The van der Waals surface area contributed by atoms with Crippen LogP contribution in [0, 0.1) is 20.8 Å². The quantitative estimate of drug-likeness (QED) is 0.888. The Morgan fingerprint density at radius 3 is 2.31 bits per heavy atom. The van der Waals surface area contributed by atoms with E-state index in [9.17, 15) is 9.59 Å². The maximum Gasteiger partial charge on any atom is 0.339 e. The van der Waals surface area contributed by atoms with E-state index in [4.69, 9.17) is 16.7 Å². The number of likely N-dealkylation sites (tertiary alicyclic amines) is 1. The molecule has 1 amide bonds. The maximum absolute atomic E-state index is 12.8. The van der Waals surface area contributed by atoms with E-state index in [1.54, 1.807) is 11.6 Å². The fourth-order valence-corrected chi connectivity index (χ4v) is 3.73. The normalized spacial score (nSPS) is 15.3. The van der Waals surface area contributed by atoms with Gasteiger partial charge in [-0.2, -0.15) is 5.10 Å². The van der Waals surface area contributed by atoms with Crippen molar-refractivity contribution in [3.05, 3.63) is 51.3 Å². The topological polar surface area (TPSA) is 75.4 Å². The Hall–Kier alpha value is -2.34. The molecule has 2 aromatic rings. The fraction of sp³-hybridized carbons (Fsp3) is 0.421. The number of hydrogen-bond donors (Lipinski definition) is 1. The van der Waals surface area contributed by atoms with Crippen molar-refractivity contribution in [3.8, 4) is 0 Å². The minimum Gasteiger partial charge on any atom is -0.478 e. The second-order valence-corrected chi connectivity index (χ2v) is 7.24. The summed E-state index contributed by atoms with van der Waals surface area (Å²) in [4.78, 5) is 25.8. The number of hydrogen-bond acceptors (Lipinski definition) is 3. The lowest BCUT2D eigenvalue weighted by Crippen LogP contribution is -2.39. The van der Waals surface area contributed by atoms with Crippen LogP contribution in [-0.4, -0.2) is 44.8 Å². The van der Waals surface area contributed by atoms with Gasteiger partial charge in [-0.25, -0.2) is 4.79 Å².